The van der Waals surface area contributed by atoms with Gasteiger partial charge >= 0.3 is 11.9 Å². The number of nitrogens with one attached hydrogen (secondary N) is 2. The van der Waals surface area contributed by atoms with Gasteiger partial charge in [0.2, 0.25) is 0 Å². The van der Waals surface area contributed by atoms with Crippen molar-refractivity contribution in [2.24, 2.45) is 0 Å². The number of H-pyrrole nitrogens is 2. The van der Waals surface area contributed by atoms with Crippen LogP contribution in [0.25, 0.3) is 65.9 Å². The quantitative estimate of drug-likeness (QED) is 0.0572. The summed E-state index contributed by atoms with van der Waals surface area (Å²) in [5, 5.41) is 45.9. The zero-order valence-electron chi connectivity index (χ0n) is 40.4. The molecule has 12 nitrogen and oxygen atoms in total. The molecule has 7 aromatic rings. The first-order valence-corrected chi connectivity index (χ1v) is 23.9. The number of carbonyl (C=O) groups excluding carboxylic acids is 2. The number of rotatable bonds is 14. The lowest BCUT2D eigenvalue weighted by molar-refractivity contribution is -0.145. The second-order valence-corrected chi connectivity index (χ2v) is 18.3. The van der Waals surface area contributed by atoms with E-state index in [0.29, 0.717) is 35.6 Å². The number of carbonyl (C=O) groups is 2. The summed E-state index contributed by atoms with van der Waals surface area (Å²) in [6.07, 6.45) is 0.721. The van der Waals surface area contributed by atoms with E-state index in [0.717, 1.165) is 99.3 Å². The number of nitrogens with zero attached hydrogens (tertiary/aromatic N) is 2. The third kappa shape index (κ3) is 8.96. The lowest BCUT2D eigenvalue weighted by Crippen LogP contribution is -2.08. The number of aromatic nitrogens is 4. The van der Waals surface area contributed by atoms with Gasteiger partial charge in [0.1, 0.15) is 24.7 Å². The molecule has 2 aliphatic rings. The van der Waals surface area contributed by atoms with Gasteiger partial charge < -0.3 is 39.9 Å². The van der Waals surface area contributed by atoms with Crippen molar-refractivity contribution in [1.29, 1.82) is 0 Å². The number of esters is 2. The predicted molar refractivity (Wildman–Crippen MR) is 276 cm³/mol. The van der Waals surface area contributed by atoms with Crippen molar-refractivity contribution in [3.63, 3.8) is 0 Å². The van der Waals surface area contributed by atoms with Crippen molar-refractivity contribution < 1.29 is 39.5 Å². The van der Waals surface area contributed by atoms with Gasteiger partial charge in [-0.05, 0) is 143 Å². The summed E-state index contributed by atoms with van der Waals surface area (Å²) < 4.78 is 10.5. The first-order valence-electron chi connectivity index (χ1n) is 23.9. The van der Waals surface area contributed by atoms with Crippen LogP contribution in [0.5, 0.6) is 11.5 Å². The number of aromatic amines is 2. The summed E-state index contributed by atoms with van der Waals surface area (Å²) in [6.45, 7) is 11.6. The largest absolute Gasteiger partial charge is 0.508 e. The molecule has 2 atom stereocenters. The van der Waals surface area contributed by atoms with Crippen LogP contribution in [0.15, 0.2) is 97.1 Å². The molecule has 70 heavy (non-hydrogen) atoms. The summed E-state index contributed by atoms with van der Waals surface area (Å²) in [5.41, 5.74) is 14.8. The standard InChI is InChI=1S/C58H58N4O8/c1-31-39(17-21-53(67)69-25-23-63)47-30-48-40(18-22-54(68)70-26-24-64)32(2)44(60-48)28-49-56(36(6)58-42-14-10-8-12-38(42)16-20-52(58)66)34(4)46(62-49)29-50-55(33(3)45(61-50)27-43(31)59-47)35(5)57-41-13-9-7-11-37(41)15-19-51(57)65/h7-16,19-20,27-30,35-36,61-66H,17-18,21-26H2,1-6H3. The third-order valence-corrected chi connectivity index (χ3v) is 14.1. The Morgan fingerprint density at radius 1 is 0.529 bits per heavy atom. The van der Waals surface area contributed by atoms with Crippen molar-refractivity contribution in [3.05, 3.63) is 153 Å². The number of hydrogen-bond acceptors (Lipinski definition) is 10. The number of hydrogen-bond donors (Lipinski definition) is 6. The van der Waals surface area contributed by atoms with Crippen LogP contribution in [0.3, 0.4) is 0 Å². The number of allylic oxidation sites excluding steroid dienone is 4. The summed E-state index contributed by atoms with van der Waals surface area (Å²) in [5.74, 6) is -1.07. The van der Waals surface area contributed by atoms with Crippen LogP contribution in [-0.2, 0) is 19.1 Å². The van der Waals surface area contributed by atoms with Crippen molar-refractivity contribution in [1.82, 2.24) is 19.9 Å². The van der Waals surface area contributed by atoms with E-state index in [-0.39, 0.29) is 62.6 Å². The molecule has 3 aromatic heterocycles. The highest BCUT2D eigenvalue weighted by Gasteiger charge is 2.27. The molecule has 0 aliphatic carbocycles. The highest BCUT2D eigenvalue weighted by atomic mass is 16.5. The van der Waals surface area contributed by atoms with Gasteiger partial charge in [0.25, 0.3) is 0 Å². The fourth-order valence-corrected chi connectivity index (χ4v) is 10.6. The first kappa shape index (κ1) is 47.5. The summed E-state index contributed by atoms with van der Waals surface area (Å²) in [7, 11) is 0. The number of benzene rings is 4. The zero-order chi connectivity index (χ0) is 49.4. The molecule has 6 N–H and O–H groups in total. The molecule has 0 saturated carbocycles. The van der Waals surface area contributed by atoms with E-state index in [1.807, 2.05) is 86.6 Å². The number of phenols is 2. The van der Waals surface area contributed by atoms with Crippen LogP contribution in [0, 0.1) is 13.8 Å². The first-order chi connectivity index (χ1) is 33.8. The Kier molecular flexibility index (Phi) is 13.5. The van der Waals surface area contributed by atoms with E-state index in [1.54, 1.807) is 12.1 Å². The lowest BCUT2D eigenvalue weighted by atomic mass is 9.86. The van der Waals surface area contributed by atoms with E-state index in [4.69, 9.17) is 19.4 Å². The molecular weight excluding hydrogens is 881 g/mol. The maximum absolute atomic E-state index is 12.9. The van der Waals surface area contributed by atoms with Crippen LogP contribution in [0.2, 0.25) is 0 Å². The predicted octanol–water partition coefficient (Wildman–Crippen LogP) is 11.4. The highest BCUT2D eigenvalue weighted by Crippen LogP contribution is 2.45. The fourth-order valence-electron chi connectivity index (χ4n) is 10.6. The van der Waals surface area contributed by atoms with Gasteiger partial charge in [-0.3, -0.25) is 9.59 Å². The number of aliphatic hydroxyl groups excluding tert-OH is 2. The molecule has 0 amide bonds. The number of ether oxygens (including phenoxy) is 2. The fraction of sp³-hybridized carbons (Fsp3) is 0.276. The van der Waals surface area contributed by atoms with Crippen LogP contribution in [-0.4, -0.2) is 78.7 Å². The number of aryl methyl sites for hydroxylation is 2. The minimum absolute atomic E-state index is 0.0533. The Morgan fingerprint density at radius 2 is 0.943 bits per heavy atom. The highest BCUT2D eigenvalue weighted by molar-refractivity contribution is 5.97. The molecule has 12 heteroatoms. The van der Waals surface area contributed by atoms with Gasteiger partial charge in [-0.15, -0.1) is 0 Å². The summed E-state index contributed by atoms with van der Waals surface area (Å²) in [6, 6.07) is 31.6. The van der Waals surface area contributed by atoms with Crippen molar-refractivity contribution in [2.45, 2.75) is 79.1 Å². The van der Waals surface area contributed by atoms with Crippen LogP contribution >= 0.6 is 0 Å². The maximum Gasteiger partial charge on any atom is 0.306 e. The zero-order valence-corrected chi connectivity index (χ0v) is 40.4. The second-order valence-electron chi connectivity index (χ2n) is 18.3. The minimum atomic E-state index is -0.443. The molecule has 2 aliphatic heterocycles. The van der Waals surface area contributed by atoms with Crippen molar-refractivity contribution >= 4 is 77.8 Å². The second kappa shape index (κ2) is 19.8. The van der Waals surface area contributed by atoms with Crippen LogP contribution in [0.4, 0.5) is 0 Å². The van der Waals surface area contributed by atoms with Crippen LogP contribution in [0.1, 0.15) is 121 Å². The molecule has 0 saturated heterocycles. The lowest BCUT2D eigenvalue weighted by Gasteiger charge is -2.18. The Hall–Kier alpha value is -7.54. The van der Waals surface area contributed by atoms with Gasteiger partial charge in [-0.1, -0.05) is 74.5 Å². The van der Waals surface area contributed by atoms with Gasteiger partial charge in [0.05, 0.1) is 36.0 Å². The number of aliphatic hydroxyl groups is 2. The molecule has 8 bridgehead atoms. The number of aromatic hydroxyl groups is 2. The Balaban J connectivity index is 1.36. The normalized spacial score (nSPS) is 13.6. The molecule has 0 spiro atoms. The van der Waals surface area contributed by atoms with E-state index in [2.05, 4.69) is 49.8 Å². The Labute approximate surface area is 406 Å². The number of fused-ring (bicyclic) bond motifs is 10. The van der Waals surface area contributed by atoms with E-state index < -0.39 is 11.9 Å². The summed E-state index contributed by atoms with van der Waals surface area (Å²) >= 11 is 0. The Bertz CT molecular complexity index is 3470. The smallest absolute Gasteiger partial charge is 0.306 e. The summed E-state index contributed by atoms with van der Waals surface area (Å²) in [4.78, 5) is 43.9. The van der Waals surface area contributed by atoms with Gasteiger partial charge in [-0.25, -0.2) is 9.97 Å². The van der Waals surface area contributed by atoms with Crippen LogP contribution < -0.4 is 0 Å². The van der Waals surface area contributed by atoms with Gasteiger partial charge in [0.15, 0.2) is 0 Å². The average molecular weight is 939 g/mol. The molecule has 5 heterocycles. The van der Waals surface area contributed by atoms with Gasteiger partial charge in [-0.2, -0.15) is 0 Å². The maximum atomic E-state index is 12.9. The third-order valence-electron chi connectivity index (χ3n) is 14.1. The number of phenolic OH excluding ortho intramolecular Hbond substituents is 2. The van der Waals surface area contributed by atoms with E-state index >= 15 is 0 Å². The van der Waals surface area contributed by atoms with Gasteiger partial charge in [0, 0.05) is 57.9 Å². The molecule has 9 rings (SSSR count). The molecule has 0 fully saturated rings. The average Bonchev–Trinajstić information content (AvgIpc) is 4.03. The van der Waals surface area contributed by atoms with E-state index in [9.17, 15) is 30.0 Å². The minimum Gasteiger partial charge on any atom is -0.508 e. The van der Waals surface area contributed by atoms with E-state index in [1.165, 1.54) is 0 Å². The van der Waals surface area contributed by atoms with Crippen molar-refractivity contribution in [2.75, 3.05) is 26.4 Å². The Morgan fingerprint density at radius 3 is 1.40 bits per heavy atom. The molecule has 2 unspecified atom stereocenters. The molecule has 4 aromatic carbocycles. The molecule has 358 valence electrons. The monoisotopic (exact) mass is 938 g/mol. The van der Waals surface area contributed by atoms with Crippen molar-refractivity contribution in [3.8, 4) is 11.5 Å². The molecular formula is C58H58N4O8. The SMILES string of the molecule is CC1=C(CCC(=O)OCCO)c2cc3nc(cc4[nH]c(cc5[nH]c(cc1n2)c(C)c5C(C)c1c(O)ccc2ccccc12)c(C)c4C(C)c1c(O)ccc2ccccc12)C(C)=C3CCC(=O)OCCO. The topological polar surface area (TPSA) is 191 Å². The molecule has 0 radical (unpaired) electrons.